The van der Waals surface area contributed by atoms with Crippen molar-refractivity contribution in [1.29, 1.82) is 0 Å². The molecule has 0 bridgehead atoms. The van der Waals surface area contributed by atoms with Gasteiger partial charge in [0.1, 0.15) is 12.3 Å². The van der Waals surface area contributed by atoms with E-state index >= 15 is 0 Å². The van der Waals surface area contributed by atoms with E-state index in [2.05, 4.69) is 12.1 Å². The van der Waals surface area contributed by atoms with Crippen LogP contribution in [0.4, 0.5) is 5.69 Å². The lowest BCUT2D eigenvalue weighted by molar-refractivity contribution is -0.142. The quantitative estimate of drug-likeness (QED) is 0.611. The Morgan fingerprint density at radius 2 is 1.83 bits per heavy atom. The Morgan fingerprint density at radius 1 is 1.07 bits per heavy atom. The fourth-order valence-corrected chi connectivity index (χ4v) is 4.04. The van der Waals surface area contributed by atoms with Crippen molar-refractivity contribution in [2.45, 2.75) is 19.3 Å². The molecule has 0 fully saturated rings. The molecule has 0 saturated heterocycles. The Hall–Kier alpha value is -3.34. The van der Waals surface area contributed by atoms with Crippen LogP contribution in [0, 0.1) is 0 Å². The van der Waals surface area contributed by atoms with Gasteiger partial charge in [-0.1, -0.05) is 42.5 Å². The van der Waals surface area contributed by atoms with Crippen molar-refractivity contribution >= 4 is 28.3 Å². The lowest BCUT2D eigenvalue weighted by Gasteiger charge is -2.34. The van der Waals surface area contributed by atoms with Crippen LogP contribution in [0.1, 0.15) is 30.4 Å². The Kier molecular flexibility index (Phi) is 5.21. The summed E-state index contributed by atoms with van der Waals surface area (Å²) in [4.78, 5) is 26.7. The average Bonchev–Trinajstić information content (AvgIpc) is 2.75. The summed E-state index contributed by atoms with van der Waals surface area (Å²) >= 11 is 0. The van der Waals surface area contributed by atoms with E-state index in [4.69, 9.17) is 9.47 Å². The maximum absolute atomic E-state index is 13.0. The summed E-state index contributed by atoms with van der Waals surface area (Å²) in [7, 11) is 1.63. The van der Waals surface area contributed by atoms with E-state index in [1.54, 1.807) is 18.9 Å². The topological polar surface area (TPSA) is 55.8 Å². The maximum Gasteiger partial charge on any atom is 0.326 e. The predicted octanol–water partition coefficient (Wildman–Crippen LogP) is 4.28. The van der Waals surface area contributed by atoms with Gasteiger partial charge in [-0.25, -0.2) is 0 Å². The molecule has 1 unspecified atom stereocenters. The second-order valence-electron chi connectivity index (χ2n) is 7.03. The Morgan fingerprint density at radius 3 is 2.55 bits per heavy atom. The summed E-state index contributed by atoms with van der Waals surface area (Å²) in [5, 5.41) is 2.20. The number of carbonyl (C=O) groups excluding carboxylic acids is 2. The zero-order chi connectivity index (χ0) is 20.4. The first-order chi connectivity index (χ1) is 14.1. The number of anilines is 1. The van der Waals surface area contributed by atoms with Gasteiger partial charge in [0.15, 0.2) is 0 Å². The van der Waals surface area contributed by atoms with Crippen LogP contribution in [0.5, 0.6) is 5.75 Å². The highest BCUT2D eigenvalue weighted by Crippen LogP contribution is 2.44. The molecule has 3 aromatic rings. The number of nitrogens with zero attached hydrogens (tertiary/aromatic N) is 1. The van der Waals surface area contributed by atoms with Gasteiger partial charge in [0.2, 0.25) is 5.91 Å². The highest BCUT2D eigenvalue weighted by Gasteiger charge is 2.34. The Labute approximate surface area is 169 Å². The van der Waals surface area contributed by atoms with Gasteiger partial charge in [0.05, 0.1) is 13.7 Å². The lowest BCUT2D eigenvalue weighted by Crippen LogP contribution is -2.41. The van der Waals surface area contributed by atoms with E-state index in [-0.39, 0.29) is 18.4 Å². The SMILES string of the molecule is CCOC(=O)CN1C(=O)CC(c2ccc(OC)cc2)c2c1ccc1ccccc21. The normalized spacial score (nSPS) is 15.9. The first kappa shape index (κ1) is 19.0. The number of amides is 1. The van der Waals surface area contributed by atoms with E-state index in [9.17, 15) is 9.59 Å². The van der Waals surface area contributed by atoms with Crippen LogP contribution in [0.2, 0.25) is 0 Å². The predicted molar refractivity (Wildman–Crippen MR) is 112 cm³/mol. The standard InChI is InChI=1S/C24H23NO4/c1-3-29-23(27)15-25-21-13-10-16-6-4-5-7-19(16)24(21)20(14-22(25)26)17-8-11-18(28-2)12-9-17/h4-13,20H,3,14-15H2,1-2H3. The van der Waals surface area contributed by atoms with E-state index in [0.717, 1.165) is 33.3 Å². The molecule has 4 rings (SSSR count). The molecule has 1 aliphatic heterocycles. The molecule has 0 aromatic heterocycles. The van der Waals surface area contributed by atoms with Gasteiger partial charge in [0, 0.05) is 18.0 Å². The zero-order valence-corrected chi connectivity index (χ0v) is 16.6. The third kappa shape index (κ3) is 3.56. The number of rotatable bonds is 5. The van der Waals surface area contributed by atoms with Gasteiger partial charge >= 0.3 is 5.97 Å². The van der Waals surface area contributed by atoms with E-state index in [1.807, 2.05) is 48.5 Å². The fraction of sp³-hybridized carbons (Fsp3) is 0.250. The molecule has 0 N–H and O–H groups in total. The lowest BCUT2D eigenvalue weighted by atomic mass is 9.81. The number of hydrogen-bond donors (Lipinski definition) is 0. The minimum Gasteiger partial charge on any atom is -0.497 e. The number of fused-ring (bicyclic) bond motifs is 3. The van der Waals surface area contributed by atoms with Crippen molar-refractivity contribution < 1.29 is 19.1 Å². The number of hydrogen-bond acceptors (Lipinski definition) is 4. The van der Waals surface area contributed by atoms with Crippen LogP contribution in [0.3, 0.4) is 0 Å². The average molecular weight is 389 g/mol. The Bertz CT molecular complexity index is 1060. The van der Waals surface area contributed by atoms with Gasteiger partial charge in [-0.2, -0.15) is 0 Å². The molecule has 3 aromatic carbocycles. The molecule has 0 saturated carbocycles. The molecule has 1 atom stereocenters. The van der Waals surface area contributed by atoms with Crippen molar-refractivity contribution in [3.8, 4) is 5.75 Å². The number of methoxy groups -OCH3 is 1. The van der Waals surface area contributed by atoms with Gasteiger partial charge in [-0.15, -0.1) is 0 Å². The molecule has 0 aliphatic carbocycles. The van der Waals surface area contributed by atoms with Crippen molar-refractivity contribution in [2.75, 3.05) is 25.2 Å². The molecule has 5 nitrogen and oxygen atoms in total. The van der Waals surface area contributed by atoms with Crippen molar-refractivity contribution in [1.82, 2.24) is 0 Å². The number of carbonyl (C=O) groups is 2. The number of benzene rings is 3. The third-order valence-electron chi connectivity index (χ3n) is 5.38. The monoisotopic (exact) mass is 389 g/mol. The Balaban J connectivity index is 1.85. The van der Waals surface area contributed by atoms with Crippen LogP contribution >= 0.6 is 0 Å². The summed E-state index contributed by atoms with van der Waals surface area (Å²) in [6, 6.07) is 19.9. The fourth-order valence-electron chi connectivity index (χ4n) is 4.04. The highest BCUT2D eigenvalue weighted by atomic mass is 16.5. The maximum atomic E-state index is 13.0. The van der Waals surface area contributed by atoms with E-state index in [0.29, 0.717) is 13.0 Å². The van der Waals surface area contributed by atoms with Crippen molar-refractivity contribution in [3.05, 3.63) is 71.8 Å². The second kappa shape index (κ2) is 7.95. The first-order valence-electron chi connectivity index (χ1n) is 9.74. The minimum absolute atomic E-state index is 0.0760. The number of ether oxygens (including phenoxy) is 2. The van der Waals surface area contributed by atoms with Crippen LogP contribution in [-0.2, 0) is 14.3 Å². The summed E-state index contributed by atoms with van der Waals surface area (Å²) in [5.74, 6) is 0.204. The molecular formula is C24H23NO4. The van der Waals surface area contributed by atoms with E-state index < -0.39 is 5.97 Å². The van der Waals surface area contributed by atoms with Crippen LogP contribution in [0.25, 0.3) is 10.8 Å². The number of esters is 1. The largest absolute Gasteiger partial charge is 0.497 e. The molecule has 0 radical (unpaired) electrons. The van der Waals surface area contributed by atoms with Crippen LogP contribution in [0.15, 0.2) is 60.7 Å². The van der Waals surface area contributed by atoms with Gasteiger partial charge in [-0.3, -0.25) is 9.59 Å². The second-order valence-corrected chi connectivity index (χ2v) is 7.03. The molecular weight excluding hydrogens is 366 g/mol. The molecule has 1 amide bonds. The van der Waals surface area contributed by atoms with Crippen LogP contribution in [-0.4, -0.2) is 32.1 Å². The molecule has 1 aliphatic rings. The molecule has 148 valence electrons. The summed E-state index contributed by atoms with van der Waals surface area (Å²) < 4.78 is 10.4. The first-order valence-corrected chi connectivity index (χ1v) is 9.74. The smallest absolute Gasteiger partial charge is 0.326 e. The summed E-state index contributed by atoms with van der Waals surface area (Å²) in [6.07, 6.45) is 0.298. The molecule has 29 heavy (non-hydrogen) atoms. The zero-order valence-electron chi connectivity index (χ0n) is 16.6. The van der Waals surface area contributed by atoms with Crippen LogP contribution < -0.4 is 9.64 Å². The summed E-state index contributed by atoms with van der Waals surface area (Å²) in [5.41, 5.74) is 2.89. The third-order valence-corrected chi connectivity index (χ3v) is 5.38. The van der Waals surface area contributed by atoms with Gasteiger partial charge < -0.3 is 14.4 Å². The molecule has 1 heterocycles. The molecule has 0 spiro atoms. The summed E-state index contributed by atoms with van der Waals surface area (Å²) in [6.45, 7) is 1.98. The molecule has 5 heteroatoms. The van der Waals surface area contributed by atoms with Crippen molar-refractivity contribution in [3.63, 3.8) is 0 Å². The highest BCUT2D eigenvalue weighted by molar-refractivity contribution is 6.05. The minimum atomic E-state index is -0.400. The van der Waals surface area contributed by atoms with Gasteiger partial charge in [0.25, 0.3) is 0 Å². The van der Waals surface area contributed by atoms with E-state index in [1.165, 1.54) is 0 Å². The van der Waals surface area contributed by atoms with Gasteiger partial charge in [-0.05, 0) is 47.0 Å². The van der Waals surface area contributed by atoms with Crippen molar-refractivity contribution in [2.24, 2.45) is 0 Å².